The van der Waals surface area contributed by atoms with E-state index in [1.807, 2.05) is 6.07 Å². The Balaban J connectivity index is 2.81. The van der Waals surface area contributed by atoms with Crippen LogP contribution in [0.4, 0.5) is 0 Å². The Morgan fingerprint density at radius 3 is 2.72 bits per heavy atom. The number of hydrogen-bond acceptors (Lipinski definition) is 2. The molecule has 0 saturated carbocycles. The van der Waals surface area contributed by atoms with Crippen molar-refractivity contribution in [3.05, 3.63) is 27.7 Å². The molecule has 5 heteroatoms. The lowest BCUT2D eigenvalue weighted by Gasteiger charge is -2.13. The van der Waals surface area contributed by atoms with Crippen LogP contribution in [-0.4, -0.2) is 11.6 Å². The quantitative estimate of drug-likeness (QED) is 0.759. The van der Waals surface area contributed by atoms with Crippen LogP contribution in [-0.2, 0) is 6.42 Å². The summed E-state index contributed by atoms with van der Waals surface area (Å²) >= 11 is 17.0. The topological polar surface area (TPSA) is 35.2 Å². The first-order chi connectivity index (χ1) is 8.54. The van der Waals surface area contributed by atoms with Gasteiger partial charge in [-0.05, 0) is 43.4 Å². The summed E-state index contributed by atoms with van der Waals surface area (Å²) in [6, 6.07) is 3.59. The van der Waals surface area contributed by atoms with E-state index in [9.17, 15) is 0 Å². The fraction of sp³-hybridized carbons (Fsp3) is 0.462. The number of nitrogens with two attached hydrogens (primary N) is 1. The highest BCUT2D eigenvalue weighted by atomic mass is 35.5. The molecule has 0 aromatic heterocycles. The third-order valence-corrected chi connectivity index (χ3v) is 3.11. The van der Waals surface area contributed by atoms with Crippen molar-refractivity contribution in [1.29, 1.82) is 0 Å². The van der Waals surface area contributed by atoms with Crippen LogP contribution >= 0.6 is 35.4 Å². The van der Waals surface area contributed by atoms with E-state index in [0.29, 0.717) is 28.1 Å². The molecule has 0 aliphatic rings. The monoisotopic (exact) mass is 305 g/mol. The SMILES string of the molecule is CCCOc1c(Cl)cc(Cl)cc1CCCC(N)=S. The summed E-state index contributed by atoms with van der Waals surface area (Å²) in [7, 11) is 0. The van der Waals surface area contributed by atoms with Gasteiger partial charge < -0.3 is 10.5 Å². The van der Waals surface area contributed by atoms with E-state index in [0.717, 1.165) is 30.6 Å². The summed E-state index contributed by atoms with van der Waals surface area (Å²) in [5, 5.41) is 1.18. The number of halogens is 2. The van der Waals surface area contributed by atoms with Gasteiger partial charge in [0.05, 0.1) is 16.6 Å². The van der Waals surface area contributed by atoms with Crippen molar-refractivity contribution >= 4 is 40.4 Å². The van der Waals surface area contributed by atoms with Gasteiger partial charge in [-0.25, -0.2) is 0 Å². The van der Waals surface area contributed by atoms with Crippen molar-refractivity contribution in [2.45, 2.75) is 32.6 Å². The third kappa shape index (κ3) is 5.01. The minimum atomic E-state index is 0.527. The maximum absolute atomic E-state index is 6.15. The zero-order chi connectivity index (χ0) is 13.5. The van der Waals surface area contributed by atoms with Crippen LogP contribution in [0.3, 0.4) is 0 Å². The molecular formula is C13H17Cl2NOS. The average Bonchev–Trinajstić information content (AvgIpc) is 2.27. The molecule has 1 aromatic rings. The number of benzene rings is 1. The molecule has 2 nitrogen and oxygen atoms in total. The zero-order valence-corrected chi connectivity index (χ0v) is 12.7. The molecule has 0 bridgehead atoms. The fourth-order valence-corrected chi connectivity index (χ4v) is 2.35. The lowest BCUT2D eigenvalue weighted by atomic mass is 10.1. The van der Waals surface area contributed by atoms with Crippen molar-refractivity contribution in [3.63, 3.8) is 0 Å². The van der Waals surface area contributed by atoms with Crippen LogP contribution in [0.1, 0.15) is 31.7 Å². The van der Waals surface area contributed by atoms with Crippen molar-refractivity contribution in [2.75, 3.05) is 6.61 Å². The van der Waals surface area contributed by atoms with Gasteiger partial charge >= 0.3 is 0 Å². The summed E-state index contributed by atoms with van der Waals surface area (Å²) < 4.78 is 5.67. The zero-order valence-electron chi connectivity index (χ0n) is 10.3. The minimum absolute atomic E-state index is 0.527. The molecule has 1 aromatic carbocycles. The van der Waals surface area contributed by atoms with Crippen molar-refractivity contribution < 1.29 is 4.74 Å². The van der Waals surface area contributed by atoms with Gasteiger partial charge in [0.2, 0.25) is 0 Å². The van der Waals surface area contributed by atoms with Crippen LogP contribution in [0.5, 0.6) is 5.75 Å². The number of rotatable bonds is 7. The van der Waals surface area contributed by atoms with E-state index >= 15 is 0 Å². The van der Waals surface area contributed by atoms with Gasteiger partial charge in [-0.2, -0.15) is 0 Å². The molecule has 100 valence electrons. The van der Waals surface area contributed by atoms with Crippen LogP contribution in [0.15, 0.2) is 12.1 Å². The van der Waals surface area contributed by atoms with E-state index < -0.39 is 0 Å². The standard InChI is InChI=1S/C13H17Cl2NOS/c1-2-6-17-13-9(4-3-5-12(16)18)7-10(14)8-11(13)15/h7-8H,2-6H2,1H3,(H2,16,18). The van der Waals surface area contributed by atoms with Crippen molar-refractivity contribution in [1.82, 2.24) is 0 Å². The molecular weight excluding hydrogens is 289 g/mol. The summed E-state index contributed by atoms with van der Waals surface area (Å²) in [6.07, 6.45) is 3.32. The Hall–Kier alpha value is -0.510. The fourth-order valence-electron chi connectivity index (χ4n) is 1.62. The molecule has 0 aliphatic carbocycles. The van der Waals surface area contributed by atoms with E-state index in [1.165, 1.54) is 0 Å². The van der Waals surface area contributed by atoms with E-state index in [4.69, 9.17) is 45.9 Å². The second kappa shape index (κ2) is 7.82. The molecule has 0 saturated heterocycles. The maximum atomic E-state index is 6.15. The number of ether oxygens (including phenoxy) is 1. The van der Waals surface area contributed by atoms with Gasteiger partial charge in [-0.3, -0.25) is 0 Å². The molecule has 0 heterocycles. The molecule has 0 radical (unpaired) electrons. The smallest absolute Gasteiger partial charge is 0.141 e. The van der Waals surface area contributed by atoms with Gasteiger partial charge in [-0.1, -0.05) is 42.3 Å². The normalized spacial score (nSPS) is 10.4. The first kappa shape index (κ1) is 15.5. The Labute approximate surface area is 123 Å². The molecule has 2 N–H and O–H groups in total. The maximum Gasteiger partial charge on any atom is 0.141 e. The van der Waals surface area contributed by atoms with Crippen LogP contribution in [0.25, 0.3) is 0 Å². The average molecular weight is 306 g/mol. The van der Waals surface area contributed by atoms with Crippen molar-refractivity contribution in [2.24, 2.45) is 5.73 Å². The summed E-state index contributed by atoms with van der Waals surface area (Å²) in [5.41, 5.74) is 6.49. The predicted octanol–water partition coefficient (Wildman–Crippen LogP) is 4.39. The summed E-state index contributed by atoms with van der Waals surface area (Å²) in [4.78, 5) is 0.527. The lowest BCUT2D eigenvalue weighted by Crippen LogP contribution is -2.08. The van der Waals surface area contributed by atoms with Crippen LogP contribution in [0.2, 0.25) is 10.0 Å². The Kier molecular flexibility index (Phi) is 6.76. The second-order valence-corrected chi connectivity index (χ2v) is 5.41. The third-order valence-electron chi connectivity index (χ3n) is 2.41. The van der Waals surface area contributed by atoms with Crippen LogP contribution < -0.4 is 10.5 Å². The molecule has 0 fully saturated rings. The Morgan fingerprint density at radius 1 is 1.39 bits per heavy atom. The highest BCUT2D eigenvalue weighted by molar-refractivity contribution is 7.80. The van der Waals surface area contributed by atoms with Gasteiger partial charge in [0.1, 0.15) is 5.75 Å². The largest absolute Gasteiger partial charge is 0.492 e. The Bertz CT molecular complexity index is 424. The molecule has 18 heavy (non-hydrogen) atoms. The van der Waals surface area contributed by atoms with E-state index in [1.54, 1.807) is 6.07 Å². The highest BCUT2D eigenvalue weighted by Crippen LogP contribution is 2.33. The molecule has 1 rings (SSSR count). The first-order valence-electron chi connectivity index (χ1n) is 5.93. The molecule has 0 unspecified atom stereocenters. The van der Waals surface area contributed by atoms with Crippen molar-refractivity contribution in [3.8, 4) is 5.75 Å². The van der Waals surface area contributed by atoms with Gasteiger partial charge in [0.15, 0.2) is 0 Å². The summed E-state index contributed by atoms with van der Waals surface area (Å²) in [6.45, 7) is 2.69. The molecule has 0 aliphatic heterocycles. The van der Waals surface area contributed by atoms with Crippen LogP contribution in [0, 0.1) is 0 Å². The number of hydrogen-bond donors (Lipinski definition) is 1. The van der Waals surface area contributed by atoms with Gasteiger partial charge in [0, 0.05) is 5.02 Å². The lowest BCUT2D eigenvalue weighted by molar-refractivity contribution is 0.314. The molecule has 0 atom stereocenters. The van der Waals surface area contributed by atoms with E-state index in [2.05, 4.69) is 6.92 Å². The number of thiocarbonyl (C=S) groups is 1. The molecule has 0 amide bonds. The number of aryl methyl sites for hydroxylation is 1. The second-order valence-electron chi connectivity index (χ2n) is 4.04. The van der Waals surface area contributed by atoms with Gasteiger partial charge in [-0.15, -0.1) is 0 Å². The highest BCUT2D eigenvalue weighted by Gasteiger charge is 2.10. The predicted molar refractivity (Wildman–Crippen MR) is 82.0 cm³/mol. The van der Waals surface area contributed by atoms with E-state index in [-0.39, 0.29) is 0 Å². The summed E-state index contributed by atoms with van der Waals surface area (Å²) in [5.74, 6) is 0.728. The van der Waals surface area contributed by atoms with Gasteiger partial charge in [0.25, 0.3) is 0 Å². The first-order valence-corrected chi connectivity index (χ1v) is 7.10. The minimum Gasteiger partial charge on any atom is -0.492 e. The molecule has 0 spiro atoms. The Morgan fingerprint density at radius 2 is 2.11 bits per heavy atom.